The summed E-state index contributed by atoms with van der Waals surface area (Å²) in [6, 6.07) is 7.88. The second-order valence-electron chi connectivity index (χ2n) is 5.42. The molecule has 4 heterocycles. The van der Waals surface area contributed by atoms with Crippen molar-refractivity contribution in [2.45, 2.75) is 25.4 Å². The van der Waals surface area contributed by atoms with Crippen LogP contribution in [0.5, 0.6) is 0 Å². The number of tetrazole rings is 1. The van der Waals surface area contributed by atoms with Crippen LogP contribution in [0.2, 0.25) is 0 Å². The minimum Gasteiger partial charge on any atom is -0.333 e. The van der Waals surface area contributed by atoms with E-state index in [0.717, 1.165) is 29.1 Å². The maximum absolute atomic E-state index is 12.6. The lowest BCUT2D eigenvalue weighted by Crippen LogP contribution is -2.38. The largest absolute Gasteiger partial charge is 0.333 e. The van der Waals surface area contributed by atoms with Crippen LogP contribution in [0.1, 0.15) is 22.5 Å². The highest BCUT2D eigenvalue weighted by atomic mass is 32.1. The zero-order valence-corrected chi connectivity index (χ0v) is 14.0. The molecule has 0 aliphatic carbocycles. The number of rotatable bonds is 4. The topological polar surface area (TPSA) is 63.9 Å². The second-order valence-corrected chi connectivity index (χ2v) is 7.31. The molecule has 8 heteroatoms. The zero-order valence-electron chi connectivity index (χ0n) is 12.3. The van der Waals surface area contributed by atoms with Gasteiger partial charge in [-0.3, -0.25) is 4.79 Å². The first-order valence-electron chi connectivity index (χ1n) is 7.47. The highest BCUT2D eigenvalue weighted by Crippen LogP contribution is 2.24. The van der Waals surface area contributed by atoms with E-state index in [0.29, 0.717) is 12.4 Å². The van der Waals surface area contributed by atoms with Gasteiger partial charge >= 0.3 is 0 Å². The third kappa shape index (κ3) is 2.91. The summed E-state index contributed by atoms with van der Waals surface area (Å²) in [5.74, 6) is 0.759. The maximum Gasteiger partial charge on any atom is 0.264 e. The van der Waals surface area contributed by atoms with Gasteiger partial charge in [0, 0.05) is 6.54 Å². The Kier molecular flexibility index (Phi) is 3.92. The predicted molar refractivity (Wildman–Crippen MR) is 89.5 cm³/mol. The summed E-state index contributed by atoms with van der Waals surface area (Å²) in [5.41, 5.74) is 0. The van der Waals surface area contributed by atoms with Gasteiger partial charge in [-0.15, -0.1) is 32.9 Å². The number of hydrogen-bond donors (Lipinski definition) is 0. The molecule has 0 saturated carbocycles. The van der Waals surface area contributed by atoms with Crippen LogP contribution < -0.4 is 0 Å². The van der Waals surface area contributed by atoms with Crippen molar-refractivity contribution in [3.05, 3.63) is 39.9 Å². The van der Waals surface area contributed by atoms with Crippen LogP contribution in [0.15, 0.2) is 35.0 Å². The molecule has 0 aromatic carbocycles. The highest BCUT2D eigenvalue weighted by molar-refractivity contribution is 7.13. The molecule has 3 aromatic heterocycles. The normalized spacial score (nSPS) is 17.7. The summed E-state index contributed by atoms with van der Waals surface area (Å²) in [6.07, 6.45) is 2.00. The van der Waals surface area contributed by atoms with Gasteiger partial charge in [0.2, 0.25) is 5.82 Å². The number of likely N-dealkylation sites (tertiary alicyclic amines) is 1. The zero-order chi connectivity index (χ0) is 15.6. The molecular formula is C15H15N5OS2. The van der Waals surface area contributed by atoms with Gasteiger partial charge in [0.25, 0.3) is 5.91 Å². The Balaban J connectivity index is 1.48. The number of hydrogen-bond acceptors (Lipinski definition) is 6. The second kappa shape index (κ2) is 6.21. The molecule has 3 aromatic rings. The Bertz CT molecular complexity index is 781. The molecule has 1 fully saturated rings. The van der Waals surface area contributed by atoms with Gasteiger partial charge in [-0.25, -0.2) is 0 Å². The van der Waals surface area contributed by atoms with E-state index in [4.69, 9.17) is 0 Å². The van der Waals surface area contributed by atoms with E-state index < -0.39 is 0 Å². The van der Waals surface area contributed by atoms with Crippen molar-refractivity contribution in [2.24, 2.45) is 0 Å². The monoisotopic (exact) mass is 345 g/mol. The molecular weight excluding hydrogens is 330 g/mol. The van der Waals surface area contributed by atoms with Crippen molar-refractivity contribution < 1.29 is 4.79 Å². The predicted octanol–water partition coefficient (Wildman–Crippen LogP) is 2.77. The smallest absolute Gasteiger partial charge is 0.264 e. The molecule has 0 N–H and O–H groups in total. The van der Waals surface area contributed by atoms with Gasteiger partial charge in [0.15, 0.2) is 0 Å². The molecule has 1 saturated heterocycles. The number of thiophene rings is 2. The van der Waals surface area contributed by atoms with Crippen molar-refractivity contribution in [2.75, 3.05) is 6.54 Å². The number of carbonyl (C=O) groups is 1. The fourth-order valence-corrected chi connectivity index (χ4v) is 4.18. The van der Waals surface area contributed by atoms with E-state index in [-0.39, 0.29) is 11.9 Å². The first kappa shape index (κ1) is 14.5. The van der Waals surface area contributed by atoms with Crippen LogP contribution in [-0.4, -0.2) is 43.6 Å². The summed E-state index contributed by atoms with van der Waals surface area (Å²) >= 11 is 3.08. The van der Waals surface area contributed by atoms with E-state index in [1.165, 1.54) is 11.3 Å². The molecule has 118 valence electrons. The Labute approximate surface area is 141 Å². The van der Waals surface area contributed by atoms with Gasteiger partial charge < -0.3 is 4.90 Å². The number of aromatic nitrogens is 4. The molecule has 4 rings (SSSR count). The van der Waals surface area contributed by atoms with Gasteiger partial charge in [0.05, 0.1) is 22.3 Å². The van der Waals surface area contributed by atoms with Crippen LogP contribution in [0.25, 0.3) is 10.7 Å². The molecule has 1 aliphatic heterocycles. The van der Waals surface area contributed by atoms with Crippen LogP contribution >= 0.6 is 22.7 Å². The first-order valence-corrected chi connectivity index (χ1v) is 9.23. The van der Waals surface area contributed by atoms with E-state index >= 15 is 0 Å². The number of amides is 1. The SMILES string of the molecule is O=C(c1cccs1)N1CCC[C@@H]1Cn1nnc(-c2cccs2)n1. The average molecular weight is 345 g/mol. The van der Waals surface area contributed by atoms with Gasteiger partial charge in [-0.2, -0.15) is 4.80 Å². The van der Waals surface area contributed by atoms with E-state index in [1.807, 2.05) is 39.9 Å². The Hall–Kier alpha value is -2.06. The molecule has 1 amide bonds. The van der Waals surface area contributed by atoms with Crippen molar-refractivity contribution in [3.63, 3.8) is 0 Å². The quantitative estimate of drug-likeness (QED) is 0.729. The lowest BCUT2D eigenvalue weighted by atomic mass is 10.2. The molecule has 1 aliphatic rings. The minimum absolute atomic E-state index is 0.112. The van der Waals surface area contributed by atoms with Crippen LogP contribution in [-0.2, 0) is 6.54 Å². The Morgan fingerprint density at radius 3 is 2.91 bits per heavy atom. The van der Waals surface area contributed by atoms with E-state index in [9.17, 15) is 4.79 Å². The van der Waals surface area contributed by atoms with Crippen molar-refractivity contribution in [1.29, 1.82) is 0 Å². The van der Waals surface area contributed by atoms with Gasteiger partial charge in [-0.05, 0) is 40.9 Å². The third-order valence-corrected chi connectivity index (χ3v) is 5.66. The standard InChI is InChI=1S/C15H15N5OS2/c21-15(13-6-3-9-23-13)19-7-1-4-11(19)10-20-17-14(16-18-20)12-5-2-8-22-12/h2-3,5-6,8-9,11H,1,4,7,10H2/t11-/m1/s1. The minimum atomic E-state index is 0.112. The van der Waals surface area contributed by atoms with Crippen molar-refractivity contribution >= 4 is 28.6 Å². The molecule has 0 bridgehead atoms. The summed E-state index contributed by atoms with van der Waals surface area (Å²) in [4.78, 5) is 17.9. The molecule has 0 unspecified atom stereocenters. The summed E-state index contributed by atoms with van der Waals surface area (Å²) in [7, 11) is 0. The van der Waals surface area contributed by atoms with Gasteiger partial charge in [0.1, 0.15) is 0 Å². The Morgan fingerprint density at radius 2 is 2.13 bits per heavy atom. The first-order chi connectivity index (χ1) is 11.3. The lowest BCUT2D eigenvalue weighted by molar-refractivity contribution is 0.0723. The summed E-state index contributed by atoms with van der Waals surface area (Å²) in [6.45, 7) is 1.39. The van der Waals surface area contributed by atoms with E-state index in [2.05, 4.69) is 15.4 Å². The fourth-order valence-electron chi connectivity index (χ4n) is 2.85. The number of carbonyl (C=O) groups excluding carboxylic acids is 1. The van der Waals surface area contributed by atoms with Crippen molar-refractivity contribution in [3.8, 4) is 10.7 Å². The Morgan fingerprint density at radius 1 is 1.26 bits per heavy atom. The summed E-state index contributed by atoms with van der Waals surface area (Å²) in [5, 5.41) is 16.6. The van der Waals surface area contributed by atoms with Crippen LogP contribution in [0.3, 0.4) is 0 Å². The molecule has 0 radical (unpaired) electrons. The lowest BCUT2D eigenvalue weighted by Gasteiger charge is -2.23. The third-order valence-electron chi connectivity index (χ3n) is 3.94. The molecule has 1 atom stereocenters. The fraction of sp³-hybridized carbons (Fsp3) is 0.333. The van der Waals surface area contributed by atoms with Crippen LogP contribution in [0.4, 0.5) is 0 Å². The van der Waals surface area contributed by atoms with Crippen molar-refractivity contribution in [1.82, 2.24) is 25.1 Å². The van der Waals surface area contributed by atoms with E-state index in [1.54, 1.807) is 16.1 Å². The molecule has 0 spiro atoms. The van der Waals surface area contributed by atoms with Gasteiger partial charge in [-0.1, -0.05) is 12.1 Å². The summed E-state index contributed by atoms with van der Waals surface area (Å²) < 4.78 is 0. The van der Waals surface area contributed by atoms with Crippen LogP contribution in [0, 0.1) is 0 Å². The maximum atomic E-state index is 12.6. The number of nitrogens with zero attached hydrogens (tertiary/aromatic N) is 5. The molecule has 6 nitrogen and oxygen atoms in total. The average Bonchev–Trinajstić information content (AvgIpc) is 3.33. The highest BCUT2D eigenvalue weighted by Gasteiger charge is 2.30. The molecule has 23 heavy (non-hydrogen) atoms.